The number of hydrogen-bond acceptors (Lipinski definition) is 0. The second kappa shape index (κ2) is 5.27. The largest absolute Gasteiger partial charge is 0.245 e. The summed E-state index contributed by atoms with van der Waals surface area (Å²) in [7, 11) is 0. The first-order valence-corrected chi connectivity index (χ1v) is 1.70. The van der Waals surface area contributed by atoms with Gasteiger partial charge in [-0.15, -0.1) is 13.8 Å². The molecule has 6 heavy (non-hydrogen) atoms. The normalized spacial score (nSPS) is 5.67. The molecule has 0 bridgehead atoms. The fourth-order valence-electron chi connectivity index (χ4n) is 0. The third-order valence-corrected chi connectivity index (χ3v) is 0.408. The van der Waals surface area contributed by atoms with Crippen LogP contribution in [-0.4, -0.2) is 0 Å². The van der Waals surface area contributed by atoms with Gasteiger partial charge in [-0.05, 0) is 0 Å². The Morgan fingerprint density at radius 1 is 1.50 bits per heavy atom. The van der Waals surface area contributed by atoms with Gasteiger partial charge in [0, 0.05) is 20.4 Å². The summed E-state index contributed by atoms with van der Waals surface area (Å²) in [6, 6.07) is 0. The van der Waals surface area contributed by atoms with Gasteiger partial charge in [-0.25, -0.2) is 18.6 Å². The number of rotatable bonds is 0. The van der Waals surface area contributed by atoms with Crippen LogP contribution in [0.2, 0.25) is 0 Å². The molecular weight excluding hydrogens is 166 g/mol. The van der Waals surface area contributed by atoms with Crippen molar-refractivity contribution in [3.8, 4) is 0 Å². The summed E-state index contributed by atoms with van der Waals surface area (Å²) in [6.07, 6.45) is 1.83. The van der Waals surface area contributed by atoms with E-state index in [1.54, 1.807) is 0 Å². The van der Waals surface area contributed by atoms with E-state index in [9.17, 15) is 0 Å². The molecule has 0 aromatic heterocycles. The van der Waals surface area contributed by atoms with Crippen molar-refractivity contribution in [2.24, 2.45) is 0 Å². The maximum absolute atomic E-state index is 3.52. The molecule has 0 saturated carbocycles. The molecule has 0 atom stereocenters. The van der Waals surface area contributed by atoms with Gasteiger partial charge in [0.25, 0.3) is 0 Å². The minimum absolute atomic E-state index is 0. The van der Waals surface area contributed by atoms with Crippen LogP contribution in [0.4, 0.5) is 0 Å². The van der Waals surface area contributed by atoms with E-state index in [0.29, 0.717) is 0 Å². The third-order valence-electron chi connectivity index (χ3n) is 0.408. The SMILES string of the molecule is [CH2-]C=C(C)C.[Pd]. The van der Waals surface area contributed by atoms with Crippen LogP contribution in [-0.2, 0) is 20.4 Å². The quantitative estimate of drug-likeness (QED) is 0.389. The molecule has 0 heterocycles. The Balaban J connectivity index is 0. The van der Waals surface area contributed by atoms with Crippen molar-refractivity contribution in [1.82, 2.24) is 0 Å². The summed E-state index contributed by atoms with van der Waals surface area (Å²) < 4.78 is 0. The van der Waals surface area contributed by atoms with Crippen molar-refractivity contribution < 1.29 is 20.4 Å². The summed E-state index contributed by atoms with van der Waals surface area (Å²) in [4.78, 5) is 0. The van der Waals surface area contributed by atoms with Crippen molar-refractivity contribution in [2.75, 3.05) is 0 Å². The Labute approximate surface area is 53.3 Å². The summed E-state index contributed by atoms with van der Waals surface area (Å²) in [5, 5.41) is 0. The van der Waals surface area contributed by atoms with Crippen LogP contribution in [0.25, 0.3) is 0 Å². The van der Waals surface area contributed by atoms with Gasteiger partial charge in [0.2, 0.25) is 0 Å². The Bertz CT molecular complexity index is 41.9. The Morgan fingerprint density at radius 2 is 1.67 bits per heavy atom. The van der Waals surface area contributed by atoms with Crippen molar-refractivity contribution in [3.63, 3.8) is 0 Å². The maximum atomic E-state index is 3.52. The van der Waals surface area contributed by atoms with Crippen molar-refractivity contribution in [1.29, 1.82) is 0 Å². The summed E-state index contributed by atoms with van der Waals surface area (Å²) >= 11 is 0. The van der Waals surface area contributed by atoms with Gasteiger partial charge in [0.05, 0.1) is 0 Å². The van der Waals surface area contributed by atoms with Crippen LogP contribution in [0.5, 0.6) is 0 Å². The summed E-state index contributed by atoms with van der Waals surface area (Å²) in [5.41, 5.74) is 1.27. The molecule has 0 aliphatic rings. The molecule has 40 valence electrons. The van der Waals surface area contributed by atoms with Crippen LogP contribution < -0.4 is 0 Å². The molecule has 0 nitrogen and oxygen atoms in total. The molecule has 0 rings (SSSR count). The molecule has 0 unspecified atom stereocenters. The van der Waals surface area contributed by atoms with E-state index in [2.05, 4.69) is 6.92 Å². The second-order valence-electron chi connectivity index (χ2n) is 1.28. The van der Waals surface area contributed by atoms with Gasteiger partial charge in [-0.3, -0.25) is 0 Å². The van der Waals surface area contributed by atoms with E-state index < -0.39 is 0 Å². The van der Waals surface area contributed by atoms with E-state index in [0.717, 1.165) is 0 Å². The molecule has 0 fully saturated rings. The second-order valence-corrected chi connectivity index (χ2v) is 1.28. The van der Waals surface area contributed by atoms with Gasteiger partial charge >= 0.3 is 0 Å². The number of allylic oxidation sites excluding steroid dienone is 2. The van der Waals surface area contributed by atoms with E-state index in [4.69, 9.17) is 0 Å². The van der Waals surface area contributed by atoms with Crippen LogP contribution in [0.15, 0.2) is 11.6 Å². The van der Waals surface area contributed by atoms with E-state index in [-0.39, 0.29) is 20.4 Å². The zero-order valence-electron chi connectivity index (χ0n) is 4.10. The Kier molecular flexibility index (Phi) is 8.39. The molecule has 0 N–H and O–H groups in total. The molecule has 0 radical (unpaired) electrons. The smallest absolute Gasteiger partial charge is 0 e. The molecule has 1 heteroatoms. The summed E-state index contributed by atoms with van der Waals surface area (Å²) in [6.45, 7) is 7.56. The van der Waals surface area contributed by atoms with Gasteiger partial charge < -0.3 is 0 Å². The standard InChI is InChI=1S/C5H9.Pd/c1-4-5(2)3;/h4H,1H2,2-3H3;/q-1;. The predicted molar refractivity (Wildman–Crippen MR) is 24.8 cm³/mol. The molecule has 0 aliphatic carbocycles. The Hall–Kier alpha value is 0.272. The van der Waals surface area contributed by atoms with Crippen LogP contribution in [0.1, 0.15) is 13.8 Å². The van der Waals surface area contributed by atoms with Gasteiger partial charge in [0.1, 0.15) is 0 Å². The zero-order chi connectivity index (χ0) is 4.28. The first-order valence-electron chi connectivity index (χ1n) is 1.70. The fourth-order valence-corrected chi connectivity index (χ4v) is 0. The molecule has 0 aromatic rings. The molecule has 0 saturated heterocycles. The molecule has 0 spiro atoms. The molecule has 0 aromatic carbocycles. The van der Waals surface area contributed by atoms with Gasteiger partial charge in [0.15, 0.2) is 0 Å². The van der Waals surface area contributed by atoms with Crippen molar-refractivity contribution in [3.05, 3.63) is 18.6 Å². The van der Waals surface area contributed by atoms with E-state index in [1.165, 1.54) is 5.57 Å². The zero-order valence-corrected chi connectivity index (χ0v) is 5.66. The Morgan fingerprint density at radius 3 is 1.67 bits per heavy atom. The maximum Gasteiger partial charge on any atom is 0 e. The molecule has 0 aliphatic heterocycles. The van der Waals surface area contributed by atoms with Crippen molar-refractivity contribution >= 4 is 0 Å². The van der Waals surface area contributed by atoms with Gasteiger partial charge in [-0.2, -0.15) is 0 Å². The van der Waals surface area contributed by atoms with Crippen LogP contribution >= 0.6 is 0 Å². The first-order chi connectivity index (χ1) is 2.27. The fraction of sp³-hybridized carbons (Fsp3) is 0.400. The molecular formula is C5H9Pd-. The minimum Gasteiger partial charge on any atom is -0.245 e. The first kappa shape index (κ1) is 9.55. The average molecular weight is 176 g/mol. The topological polar surface area (TPSA) is 0 Å². The van der Waals surface area contributed by atoms with Crippen LogP contribution in [0, 0.1) is 6.92 Å². The van der Waals surface area contributed by atoms with E-state index in [1.807, 2.05) is 19.9 Å². The monoisotopic (exact) mass is 175 g/mol. The summed E-state index contributed by atoms with van der Waals surface area (Å²) in [5.74, 6) is 0. The van der Waals surface area contributed by atoms with Crippen LogP contribution in [0.3, 0.4) is 0 Å². The predicted octanol–water partition coefficient (Wildman–Crippen LogP) is 1.78. The van der Waals surface area contributed by atoms with Crippen molar-refractivity contribution in [2.45, 2.75) is 13.8 Å². The van der Waals surface area contributed by atoms with E-state index >= 15 is 0 Å². The number of hydrogen-bond donors (Lipinski definition) is 0. The third kappa shape index (κ3) is 8.86. The van der Waals surface area contributed by atoms with Gasteiger partial charge in [-0.1, -0.05) is 0 Å². The average Bonchev–Trinajstić information content (AvgIpc) is 1.38. The molecule has 0 amide bonds. The minimum atomic E-state index is 0.